The van der Waals surface area contributed by atoms with E-state index in [-0.39, 0.29) is 18.0 Å². The summed E-state index contributed by atoms with van der Waals surface area (Å²) in [5, 5.41) is 0. The van der Waals surface area contributed by atoms with Crippen LogP contribution in [0.25, 0.3) is 0 Å². The van der Waals surface area contributed by atoms with Crippen LogP contribution in [0, 0.1) is 12.7 Å². The maximum absolute atomic E-state index is 13.8. The van der Waals surface area contributed by atoms with E-state index in [9.17, 15) is 12.8 Å². The molecule has 1 aliphatic carbocycles. The highest BCUT2D eigenvalue weighted by Gasteiger charge is 2.55. The molecule has 2 fully saturated rings. The maximum Gasteiger partial charge on any atom is 0.243 e. The van der Waals surface area contributed by atoms with Crippen LogP contribution in [-0.2, 0) is 27.0 Å². The van der Waals surface area contributed by atoms with E-state index in [1.165, 1.54) is 16.4 Å². The standard InChI is InChI=1S/C18H18FN3O3S/c1-11-2-5-13(6-15(11)19)26(23,24)22-9-18(10-22)14-7-20-17(12-3-4-12)21-16(14)8-25-18/h2,5-7,12H,3-4,8-10H2,1H3. The Morgan fingerprint density at radius 3 is 2.77 bits per heavy atom. The molecule has 1 saturated heterocycles. The lowest BCUT2D eigenvalue weighted by atomic mass is 9.90. The Morgan fingerprint density at radius 1 is 1.31 bits per heavy atom. The van der Waals surface area contributed by atoms with Gasteiger partial charge in [0.05, 0.1) is 17.2 Å². The predicted molar refractivity (Wildman–Crippen MR) is 90.4 cm³/mol. The number of hydrogen-bond acceptors (Lipinski definition) is 5. The van der Waals surface area contributed by atoms with E-state index in [0.717, 1.165) is 36.0 Å². The first kappa shape index (κ1) is 16.3. The van der Waals surface area contributed by atoms with E-state index in [2.05, 4.69) is 9.97 Å². The fourth-order valence-corrected chi connectivity index (χ4v) is 5.13. The van der Waals surface area contributed by atoms with Crippen molar-refractivity contribution < 1.29 is 17.5 Å². The summed E-state index contributed by atoms with van der Waals surface area (Å²) >= 11 is 0. The van der Waals surface area contributed by atoms with Gasteiger partial charge in [0, 0.05) is 30.8 Å². The molecule has 2 aromatic rings. The van der Waals surface area contributed by atoms with Crippen molar-refractivity contribution in [3.05, 3.63) is 52.9 Å². The third-order valence-electron chi connectivity index (χ3n) is 5.45. The molecule has 26 heavy (non-hydrogen) atoms. The van der Waals surface area contributed by atoms with E-state index in [1.54, 1.807) is 13.1 Å². The molecule has 0 unspecified atom stereocenters. The Labute approximate surface area is 151 Å². The van der Waals surface area contributed by atoms with Crippen molar-refractivity contribution in [2.45, 2.75) is 42.8 Å². The number of ether oxygens (including phenoxy) is 1. The molecule has 0 radical (unpaired) electrons. The second-order valence-electron chi connectivity index (χ2n) is 7.33. The molecule has 1 aromatic heterocycles. The van der Waals surface area contributed by atoms with Gasteiger partial charge in [-0.05, 0) is 37.5 Å². The summed E-state index contributed by atoms with van der Waals surface area (Å²) in [7, 11) is -3.75. The van der Waals surface area contributed by atoms with Crippen molar-refractivity contribution in [1.29, 1.82) is 0 Å². The van der Waals surface area contributed by atoms with Crippen LogP contribution in [0.3, 0.4) is 0 Å². The van der Waals surface area contributed by atoms with Crippen molar-refractivity contribution in [3.63, 3.8) is 0 Å². The third-order valence-corrected chi connectivity index (χ3v) is 7.24. The van der Waals surface area contributed by atoms with Crippen LogP contribution in [0.15, 0.2) is 29.3 Å². The van der Waals surface area contributed by atoms with E-state index in [0.29, 0.717) is 18.1 Å². The highest BCUT2D eigenvalue weighted by Crippen LogP contribution is 2.46. The Hall–Kier alpha value is -1.90. The minimum atomic E-state index is -3.75. The van der Waals surface area contributed by atoms with Crippen LogP contribution in [0.2, 0.25) is 0 Å². The second-order valence-corrected chi connectivity index (χ2v) is 9.27. The summed E-state index contributed by atoms with van der Waals surface area (Å²) in [4.78, 5) is 9.02. The SMILES string of the molecule is Cc1ccc(S(=O)(=O)N2CC3(C2)OCc2nc(C4CC4)ncc23)cc1F. The highest BCUT2D eigenvalue weighted by atomic mass is 32.2. The Kier molecular flexibility index (Phi) is 3.33. The average molecular weight is 375 g/mol. The van der Waals surface area contributed by atoms with Crippen LogP contribution in [0.1, 0.15) is 41.4 Å². The molecule has 1 saturated carbocycles. The topological polar surface area (TPSA) is 72.4 Å². The maximum atomic E-state index is 13.8. The molecular formula is C18H18FN3O3S. The first-order chi connectivity index (χ1) is 12.4. The zero-order chi connectivity index (χ0) is 18.1. The van der Waals surface area contributed by atoms with Crippen molar-refractivity contribution in [2.24, 2.45) is 0 Å². The van der Waals surface area contributed by atoms with Crippen molar-refractivity contribution >= 4 is 10.0 Å². The smallest absolute Gasteiger partial charge is 0.243 e. The highest BCUT2D eigenvalue weighted by molar-refractivity contribution is 7.89. The van der Waals surface area contributed by atoms with Crippen molar-refractivity contribution in [3.8, 4) is 0 Å². The molecule has 3 heterocycles. The lowest BCUT2D eigenvalue weighted by Crippen LogP contribution is -2.61. The molecule has 0 amide bonds. The van der Waals surface area contributed by atoms with Gasteiger partial charge in [0.2, 0.25) is 10.0 Å². The van der Waals surface area contributed by atoms with Crippen molar-refractivity contribution in [1.82, 2.24) is 14.3 Å². The molecule has 0 bridgehead atoms. The molecule has 5 rings (SSSR count). The van der Waals surface area contributed by atoms with Gasteiger partial charge >= 0.3 is 0 Å². The van der Waals surface area contributed by atoms with Crippen LogP contribution in [-0.4, -0.2) is 35.8 Å². The lowest BCUT2D eigenvalue weighted by molar-refractivity contribution is -0.112. The summed E-state index contributed by atoms with van der Waals surface area (Å²) < 4.78 is 46.5. The number of sulfonamides is 1. The molecule has 8 heteroatoms. The number of fused-ring (bicyclic) bond motifs is 2. The first-order valence-electron chi connectivity index (χ1n) is 8.66. The predicted octanol–water partition coefficient (Wildman–Crippen LogP) is 2.23. The van der Waals surface area contributed by atoms with E-state index in [4.69, 9.17) is 4.74 Å². The molecule has 3 aliphatic rings. The second kappa shape index (κ2) is 5.31. The van der Waals surface area contributed by atoms with E-state index < -0.39 is 21.4 Å². The Balaban J connectivity index is 1.40. The van der Waals surface area contributed by atoms with Crippen LogP contribution in [0.5, 0.6) is 0 Å². The molecule has 0 atom stereocenters. The number of hydrogen-bond donors (Lipinski definition) is 0. The van der Waals surface area contributed by atoms with Gasteiger partial charge in [0.25, 0.3) is 0 Å². The summed E-state index contributed by atoms with van der Waals surface area (Å²) in [6.45, 7) is 2.38. The van der Waals surface area contributed by atoms with Crippen molar-refractivity contribution in [2.75, 3.05) is 13.1 Å². The minimum absolute atomic E-state index is 0.0333. The molecule has 1 spiro atoms. The van der Waals surface area contributed by atoms with Crippen LogP contribution < -0.4 is 0 Å². The van der Waals surface area contributed by atoms with Gasteiger partial charge in [-0.2, -0.15) is 4.31 Å². The molecule has 136 valence electrons. The number of aryl methyl sites for hydroxylation is 1. The Morgan fingerprint density at radius 2 is 2.08 bits per heavy atom. The summed E-state index contributed by atoms with van der Waals surface area (Å²) in [6, 6.07) is 3.99. The summed E-state index contributed by atoms with van der Waals surface area (Å²) in [5.74, 6) is 0.805. The molecule has 6 nitrogen and oxygen atoms in total. The molecular weight excluding hydrogens is 357 g/mol. The van der Waals surface area contributed by atoms with Crippen LogP contribution >= 0.6 is 0 Å². The zero-order valence-corrected chi connectivity index (χ0v) is 15.1. The largest absolute Gasteiger partial charge is 0.361 e. The minimum Gasteiger partial charge on any atom is -0.361 e. The van der Waals surface area contributed by atoms with Gasteiger partial charge in [-0.25, -0.2) is 22.8 Å². The number of aromatic nitrogens is 2. The van der Waals surface area contributed by atoms with Crippen LogP contribution in [0.4, 0.5) is 4.39 Å². The summed E-state index contributed by atoms with van der Waals surface area (Å²) in [5.41, 5.74) is 1.48. The van der Waals surface area contributed by atoms with Gasteiger partial charge in [-0.1, -0.05) is 6.07 Å². The molecule has 0 N–H and O–H groups in total. The number of nitrogens with zero attached hydrogens (tertiary/aromatic N) is 3. The van der Waals surface area contributed by atoms with E-state index >= 15 is 0 Å². The quantitative estimate of drug-likeness (QED) is 0.823. The van der Waals surface area contributed by atoms with E-state index in [1.807, 2.05) is 0 Å². The normalized spacial score (nSPS) is 21.6. The fourth-order valence-electron chi connectivity index (χ4n) is 3.58. The first-order valence-corrected chi connectivity index (χ1v) is 10.1. The lowest BCUT2D eigenvalue weighted by Gasteiger charge is -2.46. The summed E-state index contributed by atoms with van der Waals surface area (Å²) in [6.07, 6.45) is 4.05. The Bertz CT molecular complexity index is 1010. The number of benzene rings is 1. The van der Waals surface area contributed by atoms with Gasteiger partial charge < -0.3 is 4.74 Å². The monoisotopic (exact) mass is 375 g/mol. The molecule has 1 aromatic carbocycles. The molecule has 2 aliphatic heterocycles. The van der Waals surface area contributed by atoms with Gasteiger partial charge in [0.15, 0.2) is 0 Å². The van der Waals surface area contributed by atoms with Gasteiger partial charge in [-0.15, -0.1) is 0 Å². The zero-order valence-electron chi connectivity index (χ0n) is 14.3. The van der Waals surface area contributed by atoms with Gasteiger partial charge in [0.1, 0.15) is 17.2 Å². The number of halogens is 1. The van der Waals surface area contributed by atoms with Gasteiger partial charge in [-0.3, -0.25) is 0 Å². The fraction of sp³-hybridized carbons (Fsp3) is 0.444. The average Bonchev–Trinajstić information content (AvgIpc) is 3.35. The number of rotatable bonds is 3. The third kappa shape index (κ3) is 2.32.